The number of carbonyl (C=O) groups is 2. The van der Waals surface area contributed by atoms with Crippen LogP contribution >= 0.6 is 0 Å². The van der Waals surface area contributed by atoms with E-state index in [1.165, 1.54) is 0 Å². The average Bonchev–Trinajstić information content (AvgIpc) is 2.30. The second-order valence-electron chi connectivity index (χ2n) is 3.94. The van der Waals surface area contributed by atoms with Crippen molar-refractivity contribution in [2.24, 2.45) is 10.8 Å². The van der Waals surface area contributed by atoms with E-state index in [1.807, 2.05) is 0 Å². The Morgan fingerprint density at radius 3 is 1.31 bits per heavy atom. The summed E-state index contributed by atoms with van der Waals surface area (Å²) in [5.74, 6) is -2.63. The Labute approximate surface area is 88.7 Å². The molecule has 0 spiro atoms. The van der Waals surface area contributed by atoms with Crippen molar-refractivity contribution in [3.05, 3.63) is 0 Å². The Morgan fingerprint density at radius 1 is 0.875 bits per heavy atom. The second kappa shape index (κ2) is 2.89. The molecule has 3 fully saturated rings. The van der Waals surface area contributed by atoms with Crippen LogP contribution in [0.1, 0.15) is 0 Å². The number of hydrogen-bond donors (Lipinski definition) is 0. The van der Waals surface area contributed by atoms with Gasteiger partial charge in [-0.05, 0) is 0 Å². The maximum atomic E-state index is 13.6. The zero-order valence-corrected chi connectivity index (χ0v) is 8.50. The summed E-state index contributed by atoms with van der Waals surface area (Å²) in [6.07, 6.45) is -6.69. The number of esters is 2. The zero-order chi connectivity index (χ0) is 12.3. The van der Waals surface area contributed by atoms with Crippen LogP contribution in [-0.2, 0) is 19.1 Å². The standard InChI is InChI=1S/C9H9F3O4/c1-15-6(13)8-3(10)9(4(8)11,5(8)12)7(14)16-2/h3-5H,1-2H3. The summed E-state index contributed by atoms with van der Waals surface area (Å²) in [5.41, 5.74) is -4.94. The molecule has 4 nitrogen and oxygen atoms in total. The minimum Gasteiger partial charge on any atom is -0.468 e. The van der Waals surface area contributed by atoms with E-state index in [2.05, 4.69) is 9.47 Å². The summed E-state index contributed by atoms with van der Waals surface area (Å²) in [6, 6.07) is 0. The van der Waals surface area contributed by atoms with Crippen LogP contribution in [0, 0.1) is 10.8 Å². The highest BCUT2D eigenvalue weighted by Gasteiger charge is 2.99. The SMILES string of the molecule is COC(=O)C12C(F)C(C(=O)OC)(C1F)C2F. The van der Waals surface area contributed by atoms with Crippen LogP contribution in [0.3, 0.4) is 0 Å². The van der Waals surface area contributed by atoms with E-state index in [-0.39, 0.29) is 0 Å². The minimum absolute atomic E-state index is 0.902. The summed E-state index contributed by atoms with van der Waals surface area (Å²) in [4.78, 5) is 22.3. The van der Waals surface area contributed by atoms with Crippen molar-refractivity contribution in [3.63, 3.8) is 0 Å². The van der Waals surface area contributed by atoms with Gasteiger partial charge in [0.2, 0.25) is 0 Å². The van der Waals surface area contributed by atoms with Gasteiger partial charge in [0.1, 0.15) is 18.5 Å². The summed E-state index contributed by atoms with van der Waals surface area (Å²) in [5, 5.41) is 0. The third kappa shape index (κ3) is 0.681. The first-order valence-electron chi connectivity index (χ1n) is 4.52. The number of alkyl halides is 3. The van der Waals surface area contributed by atoms with Crippen molar-refractivity contribution in [3.8, 4) is 0 Å². The lowest BCUT2D eigenvalue weighted by molar-refractivity contribution is -0.364. The average molecular weight is 238 g/mol. The molecule has 90 valence electrons. The predicted octanol–water partition coefficient (Wildman–Crippen LogP) is 0.347. The Bertz CT molecular complexity index is 308. The van der Waals surface area contributed by atoms with Gasteiger partial charge in [-0.15, -0.1) is 0 Å². The van der Waals surface area contributed by atoms with Crippen molar-refractivity contribution in [1.82, 2.24) is 0 Å². The Hall–Kier alpha value is -1.27. The molecule has 0 aliphatic heterocycles. The molecule has 7 heteroatoms. The van der Waals surface area contributed by atoms with Gasteiger partial charge < -0.3 is 9.47 Å². The van der Waals surface area contributed by atoms with E-state index in [0.717, 1.165) is 14.2 Å². The molecule has 0 N–H and O–H groups in total. The molecule has 3 rings (SSSR count). The van der Waals surface area contributed by atoms with Gasteiger partial charge in [0.25, 0.3) is 0 Å². The van der Waals surface area contributed by atoms with E-state index in [1.54, 1.807) is 0 Å². The molecule has 0 unspecified atom stereocenters. The van der Waals surface area contributed by atoms with E-state index in [9.17, 15) is 22.8 Å². The summed E-state index contributed by atoms with van der Waals surface area (Å²) < 4.78 is 49.0. The Kier molecular flexibility index (Phi) is 2.03. The molecule has 0 aromatic rings. The molecular formula is C9H9F3O4. The number of halogens is 3. The van der Waals surface area contributed by atoms with E-state index < -0.39 is 41.3 Å². The van der Waals surface area contributed by atoms with Crippen LogP contribution < -0.4 is 0 Å². The van der Waals surface area contributed by atoms with Gasteiger partial charge in [0.05, 0.1) is 14.2 Å². The molecule has 0 atom stereocenters. The largest absolute Gasteiger partial charge is 0.468 e. The first-order valence-corrected chi connectivity index (χ1v) is 4.52. The highest BCUT2D eigenvalue weighted by Crippen LogP contribution is 2.77. The lowest BCUT2D eigenvalue weighted by atomic mass is 9.31. The summed E-state index contributed by atoms with van der Waals surface area (Å²) in [6.45, 7) is 0. The monoisotopic (exact) mass is 238 g/mol. The molecule has 3 aliphatic rings. The number of rotatable bonds is 2. The topological polar surface area (TPSA) is 52.6 Å². The van der Waals surface area contributed by atoms with Gasteiger partial charge in [0.15, 0.2) is 10.8 Å². The van der Waals surface area contributed by atoms with E-state index >= 15 is 0 Å². The van der Waals surface area contributed by atoms with Crippen LogP contribution in [0.4, 0.5) is 13.2 Å². The van der Waals surface area contributed by atoms with Crippen molar-refractivity contribution in [2.75, 3.05) is 14.2 Å². The Morgan fingerprint density at radius 2 is 1.12 bits per heavy atom. The van der Waals surface area contributed by atoms with Gasteiger partial charge in [-0.1, -0.05) is 0 Å². The molecule has 3 saturated carbocycles. The summed E-state index contributed by atoms with van der Waals surface area (Å²) in [7, 11) is 1.80. The number of methoxy groups -OCH3 is 2. The fraction of sp³-hybridized carbons (Fsp3) is 0.778. The van der Waals surface area contributed by atoms with Crippen LogP contribution in [0.2, 0.25) is 0 Å². The fourth-order valence-corrected chi connectivity index (χ4v) is 2.64. The number of ether oxygens (including phenoxy) is 2. The first-order chi connectivity index (χ1) is 7.43. The molecular weight excluding hydrogens is 229 g/mol. The number of hydrogen-bond acceptors (Lipinski definition) is 4. The number of carbonyl (C=O) groups excluding carboxylic acids is 2. The highest BCUT2D eigenvalue weighted by molar-refractivity contribution is 5.97. The van der Waals surface area contributed by atoms with Crippen LogP contribution in [0.15, 0.2) is 0 Å². The molecule has 0 aromatic carbocycles. The lowest BCUT2D eigenvalue weighted by Crippen LogP contribution is -2.94. The van der Waals surface area contributed by atoms with E-state index in [4.69, 9.17) is 0 Å². The molecule has 0 amide bonds. The third-order valence-electron chi connectivity index (χ3n) is 3.59. The predicted molar refractivity (Wildman–Crippen MR) is 43.6 cm³/mol. The van der Waals surface area contributed by atoms with Gasteiger partial charge in [-0.3, -0.25) is 9.59 Å². The zero-order valence-electron chi connectivity index (χ0n) is 8.50. The minimum atomic E-state index is -2.47. The van der Waals surface area contributed by atoms with Crippen molar-refractivity contribution >= 4 is 11.9 Å². The molecule has 16 heavy (non-hydrogen) atoms. The molecule has 0 aromatic heterocycles. The Balaban J connectivity index is 2.35. The maximum absolute atomic E-state index is 13.6. The lowest BCUT2D eigenvalue weighted by Gasteiger charge is -2.71. The van der Waals surface area contributed by atoms with Crippen LogP contribution in [-0.4, -0.2) is 44.7 Å². The maximum Gasteiger partial charge on any atom is 0.320 e. The smallest absolute Gasteiger partial charge is 0.320 e. The normalized spacial score (nSPS) is 48.7. The van der Waals surface area contributed by atoms with E-state index in [0.29, 0.717) is 0 Å². The van der Waals surface area contributed by atoms with Gasteiger partial charge in [-0.25, -0.2) is 13.2 Å². The van der Waals surface area contributed by atoms with Crippen molar-refractivity contribution in [2.45, 2.75) is 18.5 Å². The van der Waals surface area contributed by atoms with Crippen molar-refractivity contribution < 1.29 is 32.2 Å². The molecule has 0 heterocycles. The van der Waals surface area contributed by atoms with Crippen molar-refractivity contribution in [1.29, 1.82) is 0 Å². The fourth-order valence-electron chi connectivity index (χ4n) is 2.64. The van der Waals surface area contributed by atoms with Gasteiger partial charge >= 0.3 is 11.9 Å². The molecule has 2 bridgehead atoms. The quantitative estimate of drug-likeness (QED) is 0.651. The molecule has 0 saturated heterocycles. The third-order valence-corrected chi connectivity index (χ3v) is 3.59. The van der Waals surface area contributed by atoms with Gasteiger partial charge in [0, 0.05) is 0 Å². The molecule has 0 radical (unpaired) electrons. The first kappa shape index (κ1) is 11.2. The molecule has 3 aliphatic carbocycles. The van der Waals surface area contributed by atoms with Crippen LogP contribution in [0.5, 0.6) is 0 Å². The second-order valence-corrected chi connectivity index (χ2v) is 3.94. The summed E-state index contributed by atoms with van der Waals surface area (Å²) >= 11 is 0. The van der Waals surface area contributed by atoms with Gasteiger partial charge in [-0.2, -0.15) is 0 Å². The highest BCUT2D eigenvalue weighted by atomic mass is 19.2. The van der Waals surface area contributed by atoms with Crippen LogP contribution in [0.25, 0.3) is 0 Å².